The summed E-state index contributed by atoms with van der Waals surface area (Å²) in [4.78, 5) is 34.2. The minimum Gasteiger partial charge on any atom is -0.507 e. The van der Waals surface area contributed by atoms with Crippen LogP contribution in [-0.4, -0.2) is 81.2 Å². The second-order valence-corrected chi connectivity index (χ2v) is 7.86. The molecule has 2 N–H and O–H groups in total. The normalized spacial score (nSPS) is 21.7. The number of aliphatic hydroxyl groups excluding tert-OH is 1. The van der Waals surface area contributed by atoms with E-state index in [1.54, 1.807) is 32.2 Å². The Morgan fingerprint density at radius 2 is 2.00 bits per heavy atom. The van der Waals surface area contributed by atoms with Gasteiger partial charge in [-0.15, -0.1) is 0 Å². The van der Waals surface area contributed by atoms with E-state index < -0.39 is 17.7 Å². The van der Waals surface area contributed by atoms with E-state index in [1.165, 1.54) is 4.90 Å². The lowest BCUT2D eigenvalue weighted by molar-refractivity contribution is -0.140. The van der Waals surface area contributed by atoms with Crippen molar-refractivity contribution in [2.75, 3.05) is 39.4 Å². The van der Waals surface area contributed by atoms with E-state index in [2.05, 4.69) is 20.1 Å². The number of hydrogen-bond acceptors (Lipinski definition) is 7. The van der Waals surface area contributed by atoms with Gasteiger partial charge < -0.3 is 14.7 Å². The number of ketones is 1. The molecule has 2 aromatic rings. The highest BCUT2D eigenvalue weighted by molar-refractivity contribution is 6.46. The maximum Gasteiger partial charge on any atom is 0.295 e. The summed E-state index contributed by atoms with van der Waals surface area (Å²) in [6.07, 6.45) is 2.33. The molecule has 2 fully saturated rings. The van der Waals surface area contributed by atoms with Crippen molar-refractivity contribution < 1.29 is 19.4 Å². The Hall–Kier alpha value is -3.04. The predicted molar refractivity (Wildman–Crippen MR) is 113 cm³/mol. The lowest BCUT2D eigenvalue weighted by atomic mass is 9.97. The Kier molecular flexibility index (Phi) is 6.15. The highest BCUT2D eigenvalue weighted by Gasteiger charge is 2.46. The topological polar surface area (TPSA) is 112 Å². The molecule has 9 nitrogen and oxygen atoms in total. The molecule has 2 aliphatic heterocycles. The highest BCUT2D eigenvalue weighted by Crippen LogP contribution is 2.39. The fourth-order valence-electron chi connectivity index (χ4n) is 4.28. The molecule has 4 heterocycles. The van der Waals surface area contributed by atoms with E-state index in [-0.39, 0.29) is 11.3 Å². The predicted octanol–water partition coefficient (Wildman–Crippen LogP) is 1.57. The maximum atomic E-state index is 13.0. The summed E-state index contributed by atoms with van der Waals surface area (Å²) >= 11 is 0. The summed E-state index contributed by atoms with van der Waals surface area (Å²) in [5.74, 6) is -1.52. The molecule has 1 atom stereocenters. The molecule has 0 spiro atoms. The van der Waals surface area contributed by atoms with Gasteiger partial charge >= 0.3 is 0 Å². The largest absolute Gasteiger partial charge is 0.507 e. The average Bonchev–Trinajstić information content (AvgIpc) is 3.25. The first-order chi connectivity index (χ1) is 15.0. The summed E-state index contributed by atoms with van der Waals surface area (Å²) in [5.41, 5.74) is 2.25. The second-order valence-electron chi connectivity index (χ2n) is 7.86. The van der Waals surface area contributed by atoms with Gasteiger partial charge in [0.05, 0.1) is 35.7 Å². The molecular formula is C22H27N5O4. The van der Waals surface area contributed by atoms with Crippen LogP contribution in [0.25, 0.3) is 5.76 Å². The summed E-state index contributed by atoms with van der Waals surface area (Å²) in [6.45, 7) is 7.85. The zero-order chi connectivity index (χ0) is 22.0. The van der Waals surface area contributed by atoms with E-state index >= 15 is 0 Å². The Balaban J connectivity index is 1.67. The van der Waals surface area contributed by atoms with Crippen molar-refractivity contribution in [1.82, 2.24) is 25.0 Å². The minimum absolute atomic E-state index is 0.0580. The summed E-state index contributed by atoms with van der Waals surface area (Å²) < 4.78 is 5.38. The van der Waals surface area contributed by atoms with Gasteiger partial charge in [-0.2, -0.15) is 5.10 Å². The number of hydrogen-bond donors (Lipinski definition) is 2. The smallest absolute Gasteiger partial charge is 0.295 e. The molecule has 0 radical (unpaired) electrons. The first-order valence-electron chi connectivity index (χ1n) is 10.5. The lowest BCUT2D eigenvalue weighted by Crippen LogP contribution is -2.39. The van der Waals surface area contributed by atoms with Crippen LogP contribution in [0.15, 0.2) is 30.0 Å². The SMILES string of the molecule is Cc1n[nH]c(C)c1C(O)=C1C(=O)C(=O)N(CCCN2CCOCC2)[C@@H]1c1ccccn1. The van der Waals surface area contributed by atoms with Crippen LogP contribution in [0.4, 0.5) is 0 Å². The first kappa shape index (κ1) is 21.2. The molecule has 9 heteroatoms. The molecule has 0 aromatic carbocycles. The van der Waals surface area contributed by atoms with Crippen LogP contribution in [0, 0.1) is 13.8 Å². The molecule has 0 bridgehead atoms. The maximum absolute atomic E-state index is 13.0. The van der Waals surface area contributed by atoms with Gasteiger partial charge in [-0.05, 0) is 32.4 Å². The van der Waals surface area contributed by atoms with Gasteiger partial charge in [-0.3, -0.25) is 24.6 Å². The Morgan fingerprint density at radius 1 is 1.23 bits per heavy atom. The van der Waals surface area contributed by atoms with Gasteiger partial charge in [-0.25, -0.2) is 0 Å². The molecule has 1 amide bonds. The number of aliphatic hydroxyl groups is 1. The number of morpholine rings is 1. The number of carbonyl (C=O) groups is 2. The fraction of sp³-hybridized carbons (Fsp3) is 0.455. The molecule has 2 aliphatic rings. The molecule has 31 heavy (non-hydrogen) atoms. The number of ether oxygens (including phenoxy) is 1. The van der Waals surface area contributed by atoms with E-state index in [1.807, 2.05) is 6.07 Å². The van der Waals surface area contributed by atoms with E-state index in [0.717, 1.165) is 19.6 Å². The number of H-pyrrole nitrogens is 1. The Morgan fingerprint density at radius 3 is 2.65 bits per heavy atom. The van der Waals surface area contributed by atoms with Crippen molar-refractivity contribution in [1.29, 1.82) is 0 Å². The minimum atomic E-state index is -0.736. The monoisotopic (exact) mass is 425 g/mol. The van der Waals surface area contributed by atoms with Gasteiger partial charge in [0.25, 0.3) is 11.7 Å². The molecule has 0 saturated carbocycles. The number of nitrogens with zero attached hydrogens (tertiary/aromatic N) is 4. The van der Waals surface area contributed by atoms with E-state index in [0.29, 0.717) is 48.8 Å². The molecule has 0 unspecified atom stereocenters. The van der Waals surface area contributed by atoms with Crippen LogP contribution >= 0.6 is 0 Å². The number of aryl methyl sites for hydroxylation is 2. The third kappa shape index (κ3) is 4.11. The summed E-state index contributed by atoms with van der Waals surface area (Å²) in [6, 6.07) is 4.62. The number of aromatic nitrogens is 3. The van der Waals surface area contributed by atoms with Gasteiger partial charge in [0.1, 0.15) is 11.8 Å². The van der Waals surface area contributed by atoms with Crippen LogP contribution in [0.3, 0.4) is 0 Å². The van der Waals surface area contributed by atoms with Crippen molar-refractivity contribution in [2.24, 2.45) is 0 Å². The van der Waals surface area contributed by atoms with Crippen molar-refractivity contribution in [3.63, 3.8) is 0 Å². The fourth-order valence-corrected chi connectivity index (χ4v) is 4.28. The van der Waals surface area contributed by atoms with E-state index in [9.17, 15) is 14.7 Å². The molecule has 2 saturated heterocycles. The zero-order valence-corrected chi connectivity index (χ0v) is 17.8. The number of amides is 1. The van der Waals surface area contributed by atoms with Crippen LogP contribution in [-0.2, 0) is 14.3 Å². The van der Waals surface area contributed by atoms with Gasteiger partial charge in [0.2, 0.25) is 0 Å². The molecule has 0 aliphatic carbocycles. The average molecular weight is 425 g/mol. The van der Waals surface area contributed by atoms with Crippen LogP contribution < -0.4 is 0 Å². The van der Waals surface area contributed by atoms with Gasteiger partial charge in [0.15, 0.2) is 0 Å². The van der Waals surface area contributed by atoms with Crippen molar-refractivity contribution in [3.05, 3.63) is 52.6 Å². The van der Waals surface area contributed by atoms with Crippen molar-refractivity contribution in [3.8, 4) is 0 Å². The molecule has 2 aromatic heterocycles. The van der Waals surface area contributed by atoms with Gasteiger partial charge in [0, 0.05) is 38.1 Å². The number of rotatable bonds is 6. The molecular weight excluding hydrogens is 398 g/mol. The number of carbonyl (C=O) groups excluding carboxylic acids is 2. The molecule has 4 rings (SSSR count). The number of aromatic amines is 1. The zero-order valence-electron chi connectivity index (χ0n) is 17.8. The third-order valence-corrected chi connectivity index (χ3v) is 5.85. The van der Waals surface area contributed by atoms with Crippen molar-refractivity contribution >= 4 is 17.4 Å². The number of Topliss-reactive ketones (excluding diaryl/α,β-unsaturated/α-hetero) is 1. The van der Waals surface area contributed by atoms with Crippen LogP contribution in [0.5, 0.6) is 0 Å². The van der Waals surface area contributed by atoms with Crippen molar-refractivity contribution in [2.45, 2.75) is 26.3 Å². The summed E-state index contributed by atoms with van der Waals surface area (Å²) in [7, 11) is 0. The van der Waals surface area contributed by atoms with E-state index in [4.69, 9.17) is 4.74 Å². The van der Waals surface area contributed by atoms with Gasteiger partial charge in [-0.1, -0.05) is 6.07 Å². The highest BCUT2D eigenvalue weighted by atomic mass is 16.5. The number of likely N-dealkylation sites (tertiary alicyclic amines) is 1. The van der Waals surface area contributed by atoms with Crippen LogP contribution in [0.2, 0.25) is 0 Å². The lowest BCUT2D eigenvalue weighted by Gasteiger charge is -2.28. The second kappa shape index (κ2) is 8.99. The number of pyridine rings is 1. The number of nitrogens with one attached hydrogen (secondary N) is 1. The standard InChI is InChI=1S/C22H27N5O4/c1-14-17(15(2)25-24-14)20(28)18-19(16-6-3-4-7-23-16)27(22(30)21(18)29)9-5-8-26-10-12-31-13-11-26/h3-4,6-7,19,28H,5,8-13H2,1-2H3,(H,24,25)/t19-/m1/s1. The Labute approximate surface area is 180 Å². The van der Waals surface area contributed by atoms with Crippen LogP contribution in [0.1, 0.15) is 35.1 Å². The quantitative estimate of drug-likeness (QED) is 0.410. The first-order valence-corrected chi connectivity index (χ1v) is 10.5. The third-order valence-electron chi connectivity index (χ3n) is 5.85. The molecule has 164 valence electrons. The Bertz CT molecular complexity index is 975. The summed E-state index contributed by atoms with van der Waals surface area (Å²) in [5, 5.41) is 18.0.